The van der Waals surface area contributed by atoms with Crippen LogP contribution in [0.2, 0.25) is 0 Å². The summed E-state index contributed by atoms with van der Waals surface area (Å²) in [6.45, 7) is 4.55. The second-order valence-corrected chi connectivity index (χ2v) is 19.2. The lowest BCUT2D eigenvalue weighted by molar-refractivity contribution is -0.387. The molecule has 6 aromatic rings. The normalized spacial score (nSPS) is 11.2. The Labute approximate surface area is 392 Å². The molecule has 0 spiro atoms. The van der Waals surface area contributed by atoms with Gasteiger partial charge in [-0.1, -0.05) is 99.5 Å². The van der Waals surface area contributed by atoms with Crippen LogP contribution in [0.15, 0.2) is 155 Å². The van der Waals surface area contributed by atoms with Crippen LogP contribution >= 0.6 is 0 Å². The van der Waals surface area contributed by atoms with Crippen molar-refractivity contribution in [1.29, 1.82) is 0 Å². The minimum absolute atomic E-state index is 0.190. The smallest absolute Gasteiger partial charge is 0.335 e. The van der Waals surface area contributed by atoms with Crippen LogP contribution in [0.1, 0.15) is 82.5 Å². The molecule has 0 unspecified atom stereocenters. The van der Waals surface area contributed by atoms with E-state index in [1.165, 1.54) is 45.0 Å². The molecule has 0 saturated carbocycles. The first-order valence-electron chi connectivity index (χ1n) is 21.9. The molecule has 6 aromatic carbocycles. The van der Waals surface area contributed by atoms with Gasteiger partial charge in [0, 0.05) is 19.2 Å². The van der Waals surface area contributed by atoms with E-state index in [0.717, 1.165) is 41.5 Å². The number of carboxylic acid groups (broad SMARTS) is 2. The predicted octanol–water partition coefficient (Wildman–Crippen LogP) is 10.2. The number of aromatic carboxylic acids is 2. The maximum atomic E-state index is 13.7. The van der Waals surface area contributed by atoms with Crippen LogP contribution < -0.4 is 13.3 Å². The number of carboxylic acids is 2. The average Bonchev–Trinajstić information content (AvgIpc) is 3.33. The molecule has 14 nitrogen and oxygen atoms in total. The molecule has 0 aliphatic rings. The van der Waals surface area contributed by atoms with Gasteiger partial charge in [0.05, 0.1) is 39.4 Å². The summed E-state index contributed by atoms with van der Waals surface area (Å²) in [4.78, 5) is 32.9. The minimum atomic E-state index is -4.20. The van der Waals surface area contributed by atoms with Crippen LogP contribution in [0.25, 0.3) is 0 Å². The zero-order valence-electron chi connectivity index (χ0n) is 37.7. The molecule has 0 fully saturated rings. The van der Waals surface area contributed by atoms with E-state index in [1.54, 1.807) is 79.9 Å². The molecule has 0 saturated heterocycles. The van der Waals surface area contributed by atoms with Crippen LogP contribution in [0.5, 0.6) is 5.75 Å². The fourth-order valence-electron chi connectivity index (χ4n) is 7.28. The number of nitro groups is 1. The number of aryl methyl sites for hydroxylation is 4. The van der Waals surface area contributed by atoms with Crippen LogP contribution in [0, 0.1) is 10.1 Å². The van der Waals surface area contributed by atoms with Crippen molar-refractivity contribution >= 4 is 49.0 Å². The molecule has 0 aliphatic heterocycles. The third kappa shape index (κ3) is 13.3. The molecule has 0 bridgehead atoms. The SMILES string of the molecule is CCCCN(c1ccccc1CCc1ccc(C(=O)O)cc1)S(=O)(=O)c1ccc(OC)cc1.CCCCN(c1ccccc1CCc1ccc(C(=O)O)cc1)S(=O)(=O)c1ccccc1[N+](=O)[O-]. The van der Waals surface area contributed by atoms with E-state index in [4.69, 9.17) is 14.9 Å². The summed E-state index contributed by atoms with van der Waals surface area (Å²) in [5.74, 6) is -1.35. The van der Waals surface area contributed by atoms with Crippen molar-refractivity contribution in [3.05, 3.63) is 189 Å². The van der Waals surface area contributed by atoms with Crippen LogP contribution in [-0.2, 0) is 45.7 Å². The molecule has 0 aromatic heterocycles. The highest BCUT2D eigenvalue weighted by molar-refractivity contribution is 7.93. The van der Waals surface area contributed by atoms with Crippen molar-refractivity contribution in [2.45, 2.75) is 75.0 Å². The maximum Gasteiger partial charge on any atom is 0.335 e. The molecular weight excluding hydrogens is 895 g/mol. The van der Waals surface area contributed by atoms with Crippen molar-refractivity contribution in [2.24, 2.45) is 0 Å². The summed E-state index contributed by atoms with van der Waals surface area (Å²) in [6, 6.07) is 39.8. The zero-order valence-corrected chi connectivity index (χ0v) is 39.3. The number of hydrogen-bond donors (Lipinski definition) is 2. The molecule has 16 heteroatoms. The summed E-state index contributed by atoms with van der Waals surface area (Å²) in [5, 5.41) is 29.7. The number of benzene rings is 6. The van der Waals surface area contributed by atoms with Crippen molar-refractivity contribution in [2.75, 3.05) is 28.8 Å². The van der Waals surface area contributed by atoms with Gasteiger partial charge in [0.25, 0.3) is 25.7 Å². The van der Waals surface area contributed by atoms with Gasteiger partial charge in [-0.25, -0.2) is 26.4 Å². The van der Waals surface area contributed by atoms with E-state index in [2.05, 4.69) is 0 Å². The van der Waals surface area contributed by atoms with Crippen LogP contribution in [0.4, 0.5) is 17.1 Å². The van der Waals surface area contributed by atoms with Gasteiger partial charge in [-0.15, -0.1) is 0 Å². The van der Waals surface area contributed by atoms with Gasteiger partial charge in [0.1, 0.15) is 5.75 Å². The van der Waals surface area contributed by atoms with E-state index >= 15 is 0 Å². The molecule has 6 rings (SSSR count). The second-order valence-electron chi connectivity index (χ2n) is 15.5. The summed E-state index contributed by atoms with van der Waals surface area (Å²) >= 11 is 0. The Morgan fingerprint density at radius 3 is 1.40 bits per heavy atom. The Hall–Kier alpha value is -7.04. The first-order chi connectivity index (χ1) is 32.1. The summed E-state index contributed by atoms with van der Waals surface area (Å²) < 4.78 is 62.4. The Morgan fingerprint density at radius 2 is 0.985 bits per heavy atom. The van der Waals surface area contributed by atoms with Crippen molar-refractivity contribution in [1.82, 2.24) is 0 Å². The minimum Gasteiger partial charge on any atom is -0.497 e. The van der Waals surface area contributed by atoms with E-state index in [-0.39, 0.29) is 27.5 Å². The molecule has 0 radical (unpaired) electrons. The quantitative estimate of drug-likeness (QED) is 0.0484. The van der Waals surface area contributed by atoms with Crippen LogP contribution in [0.3, 0.4) is 0 Å². The average molecular weight is 950 g/mol. The van der Waals surface area contributed by atoms with Crippen LogP contribution in [-0.4, -0.2) is 64.1 Å². The number of ether oxygens (including phenoxy) is 1. The number of anilines is 2. The molecule has 67 heavy (non-hydrogen) atoms. The lowest BCUT2D eigenvalue weighted by atomic mass is 10.0. The van der Waals surface area contributed by atoms with E-state index in [1.807, 2.05) is 50.2 Å². The number of unbranched alkanes of at least 4 members (excludes halogenated alkanes) is 2. The second kappa shape index (κ2) is 23.9. The predicted molar refractivity (Wildman–Crippen MR) is 259 cm³/mol. The number of hydrogen-bond acceptors (Lipinski definition) is 9. The summed E-state index contributed by atoms with van der Waals surface area (Å²) in [7, 11) is -6.41. The monoisotopic (exact) mass is 949 g/mol. The largest absolute Gasteiger partial charge is 0.497 e. The Morgan fingerprint density at radius 1 is 0.567 bits per heavy atom. The van der Waals surface area contributed by atoms with Gasteiger partial charge in [-0.05, 0) is 128 Å². The molecule has 0 heterocycles. The van der Waals surface area contributed by atoms with Crippen molar-refractivity contribution in [3.8, 4) is 5.75 Å². The first-order valence-corrected chi connectivity index (χ1v) is 24.7. The van der Waals surface area contributed by atoms with E-state index < -0.39 is 42.6 Å². The Kier molecular flexibility index (Phi) is 18.2. The Bertz CT molecular complexity index is 2840. The van der Waals surface area contributed by atoms with Gasteiger partial charge in [0.15, 0.2) is 4.90 Å². The Balaban J connectivity index is 0.000000251. The topological polar surface area (TPSA) is 202 Å². The number of para-hydroxylation sites is 3. The van der Waals surface area contributed by atoms with Crippen molar-refractivity contribution in [3.63, 3.8) is 0 Å². The highest BCUT2D eigenvalue weighted by atomic mass is 32.2. The lowest BCUT2D eigenvalue weighted by Gasteiger charge is -2.27. The van der Waals surface area contributed by atoms with E-state index in [9.17, 15) is 36.5 Å². The molecule has 0 amide bonds. The van der Waals surface area contributed by atoms with Gasteiger partial charge in [0.2, 0.25) is 0 Å². The van der Waals surface area contributed by atoms with Gasteiger partial charge in [-0.2, -0.15) is 0 Å². The summed E-state index contributed by atoms with van der Waals surface area (Å²) in [6.07, 6.45) is 5.32. The van der Waals surface area contributed by atoms with Gasteiger partial charge in [-0.3, -0.25) is 18.7 Å². The molecule has 2 N–H and O–H groups in total. The van der Waals surface area contributed by atoms with E-state index in [0.29, 0.717) is 55.8 Å². The third-order valence-electron chi connectivity index (χ3n) is 11.0. The van der Waals surface area contributed by atoms with Gasteiger partial charge < -0.3 is 14.9 Å². The molecule has 352 valence electrons. The first kappa shape index (κ1) is 51.0. The third-order valence-corrected chi connectivity index (χ3v) is 14.7. The van der Waals surface area contributed by atoms with Crippen molar-refractivity contribution < 1.29 is 46.3 Å². The zero-order chi connectivity index (χ0) is 48.6. The maximum absolute atomic E-state index is 13.7. The fraction of sp³-hybridized carbons (Fsp3) is 0.255. The number of rotatable bonds is 22. The number of sulfonamides is 2. The summed E-state index contributed by atoms with van der Waals surface area (Å²) in [5.41, 5.74) is 4.76. The van der Waals surface area contributed by atoms with Gasteiger partial charge >= 0.3 is 11.9 Å². The lowest BCUT2D eigenvalue weighted by Crippen LogP contribution is -2.33. The highest BCUT2D eigenvalue weighted by Gasteiger charge is 2.32. The molecule has 0 aliphatic carbocycles. The number of nitro benzene ring substituents is 1. The molecular formula is C51H55N3O11S2. The highest BCUT2D eigenvalue weighted by Crippen LogP contribution is 2.33. The fourth-order valence-corrected chi connectivity index (χ4v) is 10.5. The number of carbonyl (C=O) groups is 2. The standard InChI is InChI=1S/C26H29NO5S.C25H26N2O6S/c1-3-4-19-27(33(30,31)24-17-15-23(32-2)16-18-24)25-8-6-5-7-21(25)12-9-20-10-13-22(14-11-20)26(28)29;1-2-3-18-26(34(32,33)24-11-7-6-10-23(24)27(30)31)22-9-5-4-8-20(22)15-12-19-13-16-21(17-14-19)25(28)29/h5-8,10-11,13-18H,3-4,9,12,19H2,1-2H3,(H,28,29);4-11,13-14,16-17H,2-3,12,15,18H2,1H3,(H,28,29). The molecule has 0 atom stereocenters. The number of methoxy groups -OCH3 is 1. The number of nitrogens with zero attached hydrogens (tertiary/aromatic N) is 3.